The molecule has 3 rings (SSSR count). The molecule has 25 heavy (non-hydrogen) atoms. The summed E-state index contributed by atoms with van der Waals surface area (Å²) >= 11 is 0. The lowest BCUT2D eigenvalue weighted by atomic mass is 10.2. The Morgan fingerprint density at radius 3 is 2.64 bits per heavy atom. The first kappa shape index (κ1) is 16.5. The average Bonchev–Trinajstić information content (AvgIpc) is 3.20. The molecule has 0 bridgehead atoms. The van der Waals surface area contributed by atoms with Crippen LogP contribution in [-0.2, 0) is 7.05 Å². The number of carbonyl (C=O) groups is 1. The molecule has 0 atom stereocenters. The summed E-state index contributed by atoms with van der Waals surface area (Å²) in [5.74, 6) is 0.986. The molecule has 0 radical (unpaired) electrons. The van der Waals surface area contributed by atoms with Crippen LogP contribution in [0.5, 0.6) is 11.5 Å². The highest BCUT2D eigenvalue weighted by Gasteiger charge is 2.18. The number of carbonyl (C=O) groups excluding carboxylic acids is 1. The van der Waals surface area contributed by atoms with Crippen molar-refractivity contribution in [1.82, 2.24) is 20.0 Å². The number of nitrogens with one attached hydrogen (secondary N) is 1. The summed E-state index contributed by atoms with van der Waals surface area (Å²) in [4.78, 5) is 12.3. The van der Waals surface area contributed by atoms with Gasteiger partial charge in [-0.1, -0.05) is 5.10 Å². The topological polar surface area (TPSA) is 104 Å². The van der Waals surface area contributed by atoms with Crippen molar-refractivity contribution < 1.29 is 18.7 Å². The van der Waals surface area contributed by atoms with Crippen LogP contribution in [-0.4, -0.2) is 40.1 Å². The first-order valence-corrected chi connectivity index (χ1v) is 7.39. The minimum absolute atomic E-state index is 0.0169. The number of aryl methyl sites for hydroxylation is 2. The van der Waals surface area contributed by atoms with Crippen molar-refractivity contribution in [2.75, 3.05) is 19.5 Å². The lowest BCUT2D eigenvalue weighted by Gasteiger charge is -2.07. The van der Waals surface area contributed by atoms with Crippen LogP contribution in [0.15, 0.2) is 28.7 Å². The zero-order valence-electron chi connectivity index (χ0n) is 14.2. The fourth-order valence-corrected chi connectivity index (χ4v) is 2.34. The van der Waals surface area contributed by atoms with Crippen LogP contribution in [0.4, 0.5) is 6.01 Å². The van der Waals surface area contributed by atoms with Gasteiger partial charge in [-0.25, -0.2) is 0 Å². The van der Waals surface area contributed by atoms with Crippen molar-refractivity contribution in [2.45, 2.75) is 6.92 Å². The molecule has 3 aromatic rings. The summed E-state index contributed by atoms with van der Waals surface area (Å²) < 4.78 is 17.5. The van der Waals surface area contributed by atoms with Crippen molar-refractivity contribution in [3.8, 4) is 23.0 Å². The minimum Gasteiger partial charge on any atom is -0.497 e. The normalized spacial score (nSPS) is 10.6. The van der Waals surface area contributed by atoms with E-state index in [1.165, 1.54) is 11.8 Å². The summed E-state index contributed by atoms with van der Waals surface area (Å²) in [5.41, 5.74) is 1.72. The Labute approximate surface area is 143 Å². The number of hydrogen-bond donors (Lipinski definition) is 1. The van der Waals surface area contributed by atoms with Crippen molar-refractivity contribution in [2.24, 2.45) is 7.05 Å². The van der Waals surface area contributed by atoms with Crippen LogP contribution in [0.1, 0.15) is 16.2 Å². The molecule has 0 aliphatic carbocycles. The quantitative estimate of drug-likeness (QED) is 0.756. The average molecular weight is 343 g/mol. The van der Waals surface area contributed by atoms with Gasteiger partial charge in [0.05, 0.1) is 25.5 Å². The second-order valence-corrected chi connectivity index (χ2v) is 5.23. The van der Waals surface area contributed by atoms with E-state index >= 15 is 0 Å². The molecule has 9 nitrogen and oxygen atoms in total. The van der Waals surface area contributed by atoms with Gasteiger partial charge in [-0.05, 0) is 25.1 Å². The Kier molecular flexibility index (Phi) is 4.38. The largest absolute Gasteiger partial charge is 0.497 e. The molecule has 0 aliphatic heterocycles. The fraction of sp³-hybridized carbons (Fsp3) is 0.250. The molecule has 0 spiro atoms. The van der Waals surface area contributed by atoms with E-state index in [1.54, 1.807) is 45.3 Å². The third kappa shape index (κ3) is 3.30. The first-order chi connectivity index (χ1) is 12.0. The summed E-state index contributed by atoms with van der Waals surface area (Å²) in [6.45, 7) is 1.80. The number of methoxy groups -OCH3 is 2. The Balaban J connectivity index is 1.83. The van der Waals surface area contributed by atoms with Crippen LogP contribution in [0.2, 0.25) is 0 Å². The molecular weight excluding hydrogens is 326 g/mol. The smallest absolute Gasteiger partial charge is 0.322 e. The van der Waals surface area contributed by atoms with E-state index in [1.807, 2.05) is 0 Å². The summed E-state index contributed by atoms with van der Waals surface area (Å²) in [6.07, 6.45) is 0. The lowest BCUT2D eigenvalue weighted by molar-refractivity contribution is 0.101. The molecule has 130 valence electrons. The van der Waals surface area contributed by atoms with Gasteiger partial charge in [0.15, 0.2) is 0 Å². The second kappa shape index (κ2) is 6.63. The van der Waals surface area contributed by atoms with E-state index in [9.17, 15) is 4.79 Å². The molecule has 1 N–H and O–H groups in total. The number of rotatable bonds is 5. The summed E-state index contributed by atoms with van der Waals surface area (Å²) in [7, 11) is 4.78. The zero-order chi connectivity index (χ0) is 18.0. The molecule has 9 heteroatoms. The molecule has 1 amide bonds. The van der Waals surface area contributed by atoms with Gasteiger partial charge >= 0.3 is 6.01 Å². The van der Waals surface area contributed by atoms with E-state index in [2.05, 4.69) is 20.6 Å². The van der Waals surface area contributed by atoms with E-state index in [0.29, 0.717) is 22.8 Å². The molecule has 0 unspecified atom stereocenters. The van der Waals surface area contributed by atoms with E-state index < -0.39 is 0 Å². The molecule has 0 saturated heterocycles. The Hall–Kier alpha value is -3.36. The third-order valence-electron chi connectivity index (χ3n) is 3.52. The van der Waals surface area contributed by atoms with Crippen molar-refractivity contribution in [1.29, 1.82) is 0 Å². The van der Waals surface area contributed by atoms with E-state index in [0.717, 1.165) is 5.69 Å². The number of amides is 1. The lowest BCUT2D eigenvalue weighted by Crippen LogP contribution is -2.16. The van der Waals surface area contributed by atoms with Gasteiger partial charge in [-0.3, -0.25) is 14.8 Å². The van der Waals surface area contributed by atoms with Crippen LogP contribution in [0.3, 0.4) is 0 Å². The molecule has 0 saturated carbocycles. The maximum absolute atomic E-state index is 12.3. The minimum atomic E-state index is -0.389. The number of hydrogen-bond acceptors (Lipinski definition) is 7. The molecule has 1 aromatic carbocycles. The maximum Gasteiger partial charge on any atom is 0.322 e. The number of ether oxygens (including phenoxy) is 2. The highest BCUT2D eigenvalue weighted by molar-refractivity contribution is 6.01. The standard InChI is InChI=1S/C16H17N5O4/c1-9-7-12(21(2)20-9)14(22)17-16-19-18-15(25-16)11-6-5-10(23-3)8-13(11)24-4/h5-8H,1-4H3,(H,17,19,22). The number of benzene rings is 1. The molecule has 2 heterocycles. The van der Waals surface area contributed by atoms with Gasteiger partial charge in [0, 0.05) is 13.1 Å². The van der Waals surface area contributed by atoms with Crippen LogP contribution < -0.4 is 14.8 Å². The monoisotopic (exact) mass is 343 g/mol. The SMILES string of the molecule is COc1ccc(-c2nnc(NC(=O)c3cc(C)nn3C)o2)c(OC)c1. The molecule has 2 aromatic heterocycles. The fourth-order valence-electron chi connectivity index (χ4n) is 2.34. The summed E-state index contributed by atoms with van der Waals surface area (Å²) in [6, 6.07) is 6.84. The number of aromatic nitrogens is 4. The van der Waals surface area contributed by atoms with Gasteiger partial charge in [0.1, 0.15) is 17.2 Å². The first-order valence-electron chi connectivity index (χ1n) is 7.39. The van der Waals surface area contributed by atoms with Crippen LogP contribution in [0.25, 0.3) is 11.5 Å². The van der Waals surface area contributed by atoms with Crippen LogP contribution in [0, 0.1) is 6.92 Å². The predicted molar refractivity (Wildman–Crippen MR) is 88.7 cm³/mol. The van der Waals surface area contributed by atoms with Gasteiger partial charge in [0.25, 0.3) is 11.8 Å². The van der Waals surface area contributed by atoms with Gasteiger partial charge in [-0.15, -0.1) is 5.10 Å². The van der Waals surface area contributed by atoms with Crippen molar-refractivity contribution in [3.05, 3.63) is 35.7 Å². The summed E-state index contributed by atoms with van der Waals surface area (Å²) in [5, 5.41) is 14.5. The number of anilines is 1. The van der Waals surface area contributed by atoms with Crippen molar-refractivity contribution in [3.63, 3.8) is 0 Å². The molecular formula is C16H17N5O4. The highest BCUT2D eigenvalue weighted by Crippen LogP contribution is 2.33. The third-order valence-corrected chi connectivity index (χ3v) is 3.52. The van der Waals surface area contributed by atoms with Gasteiger partial charge < -0.3 is 13.9 Å². The van der Waals surface area contributed by atoms with E-state index in [4.69, 9.17) is 13.9 Å². The van der Waals surface area contributed by atoms with E-state index in [-0.39, 0.29) is 17.8 Å². The van der Waals surface area contributed by atoms with Gasteiger partial charge in [0.2, 0.25) is 0 Å². The maximum atomic E-state index is 12.3. The van der Waals surface area contributed by atoms with Crippen LogP contribution >= 0.6 is 0 Å². The predicted octanol–water partition coefficient (Wildman–Crippen LogP) is 2.05. The Morgan fingerprint density at radius 2 is 2.00 bits per heavy atom. The highest BCUT2D eigenvalue weighted by atomic mass is 16.5. The zero-order valence-corrected chi connectivity index (χ0v) is 14.2. The molecule has 0 aliphatic rings. The molecule has 0 fully saturated rings. The van der Waals surface area contributed by atoms with Gasteiger partial charge in [-0.2, -0.15) is 5.10 Å². The second-order valence-electron chi connectivity index (χ2n) is 5.23. The Morgan fingerprint density at radius 1 is 1.20 bits per heavy atom. The Bertz CT molecular complexity index is 915. The number of nitrogens with zero attached hydrogens (tertiary/aromatic N) is 4. The van der Waals surface area contributed by atoms with Crippen molar-refractivity contribution >= 4 is 11.9 Å².